The highest BCUT2D eigenvalue weighted by Crippen LogP contribution is 2.08. The third-order valence-corrected chi connectivity index (χ3v) is 3.41. The maximum absolute atomic E-state index is 12.5. The number of nitrogens with one attached hydrogen (secondary N) is 3. The zero-order chi connectivity index (χ0) is 19.7. The molecule has 0 saturated heterocycles. The maximum Gasteiger partial charge on any atom is 0.322 e. The van der Waals surface area contributed by atoms with Crippen LogP contribution in [0, 0.1) is 11.8 Å². The molecule has 0 spiro atoms. The van der Waals surface area contributed by atoms with Gasteiger partial charge in [-0.05, 0) is 25.2 Å². The van der Waals surface area contributed by atoms with Gasteiger partial charge in [0.15, 0.2) is 0 Å². The molecule has 0 aliphatic heterocycles. The molecule has 3 atom stereocenters. The van der Waals surface area contributed by atoms with Crippen LogP contribution in [-0.2, 0) is 19.2 Å². The van der Waals surface area contributed by atoms with E-state index in [-0.39, 0.29) is 11.8 Å². The van der Waals surface area contributed by atoms with E-state index in [2.05, 4.69) is 16.0 Å². The van der Waals surface area contributed by atoms with E-state index in [1.807, 2.05) is 13.8 Å². The molecule has 0 unspecified atom stereocenters. The van der Waals surface area contributed by atoms with Crippen molar-refractivity contribution in [2.75, 3.05) is 6.54 Å². The summed E-state index contributed by atoms with van der Waals surface area (Å²) in [7, 11) is 0. The SMILES string of the molecule is CC(C)C[C@H](NC(=O)[C@@H](NC(=O)[C@H](C)N)C(C)C)C(=O)NCC(=O)O. The highest BCUT2D eigenvalue weighted by Gasteiger charge is 2.29. The third-order valence-electron chi connectivity index (χ3n) is 3.41. The summed E-state index contributed by atoms with van der Waals surface area (Å²) >= 11 is 0. The number of amides is 3. The van der Waals surface area contributed by atoms with E-state index < -0.39 is 48.4 Å². The molecule has 0 bridgehead atoms. The van der Waals surface area contributed by atoms with Gasteiger partial charge >= 0.3 is 5.97 Å². The lowest BCUT2D eigenvalue weighted by atomic mass is 9.99. The van der Waals surface area contributed by atoms with E-state index in [9.17, 15) is 19.2 Å². The first kappa shape index (κ1) is 22.8. The van der Waals surface area contributed by atoms with E-state index in [1.54, 1.807) is 13.8 Å². The lowest BCUT2D eigenvalue weighted by Crippen LogP contribution is -2.57. The van der Waals surface area contributed by atoms with Crippen molar-refractivity contribution in [3.63, 3.8) is 0 Å². The van der Waals surface area contributed by atoms with Gasteiger partial charge in [-0.1, -0.05) is 27.7 Å². The molecule has 0 aromatic rings. The van der Waals surface area contributed by atoms with E-state index in [0.717, 1.165) is 0 Å². The second-order valence-corrected chi connectivity index (χ2v) is 6.82. The van der Waals surface area contributed by atoms with Crippen LogP contribution in [0.1, 0.15) is 41.0 Å². The molecule has 0 fully saturated rings. The Labute approximate surface area is 148 Å². The van der Waals surface area contributed by atoms with Crippen LogP contribution < -0.4 is 21.7 Å². The summed E-state index contributed by atoms with van der Waals surface area (Å²) in [6, 6.07) is -2.50. The molecule has 25 heavy (non-hydrogen) atoms. The average molecular weight is 358 g/mol. The van der Waals surface area contributed by atoms with Crippen LogP contribution >= 0.6 is 0 Å². The highest BCUT2D eigenvalue weighted by molar-refractivity contribution is 5.93. The van der Waals surface area contributed by atoms with Crippen molar-refractivity contribution in [2.24, 2.45) is 17.6 Å². The molecule has 0 aliphatic rings. The minimum Gasteiger partial charge on any atom is -0.480 e. The van der Waals surface area contributed by atoms with Crippen LogP contribution in [0.15, 0.2) is 0 Å². The molecule has 0 radical (unpaired) electrons. The predicted molar refractivity (Wildman–Crippen MR) is 92.4 cm³/mol. The van der Waals surface area contributed by atoms with Gasteiger partial charge in [0.2, 0.25) is 17.7 Å². The van der Waals surface area contributed by atoms with Crippen molar-refractivity contribution in [3.05, 3.63) is 0 Å². The molecule has 0 saturated carbocycles. The zero-order valence-electron chi connectivity index (χ0n) is 15.5. The quantitative estimate of drug-likeness (QED) is 0.345. The number of carboxylic acid groups (broad SMARTS) is 1. The predicted octanol–water partition coefficient (Wildman–Crippen LogP) is -0.794. The summed E-state index contributed by atoms with van der Waals surface area (Å²) < 4.78 is 0. The number of hydrogen-bond acceptors (Lipinski definition) is 5. The molecule has 144 valence electrons. The number of nitrogens with two attached hydrogens (primary N) is 1. The van der Waals surface area contributed by atoms with Gasteiger partial charge in [-0.15, -0.1) is 0 Å². The molecule has 9 nitrogen and oxygen atoms in total. The Morgan fingerprint density at radius 3 is 1.88 bits per heavy atom. The number of hydrogen-bond donors (Lipinski definition) is 5. The number of carbonyl (C=O) groups excluding carboxylic acids is 3. The molecular formula is C16H30N4O5. The standard InChI is InChI=1S/C16H30N4O5/c1-8(2)6-11(15(24)18-7-12(21)22)19-16(25)13(9(3)4)20-14(23)10(5)17/h8-11,13H,6-7,17H2,1-5H3,(H,18,24)(H,19,25)(H,20,23)(H,21,22)/t10-,11-,13-/m0/s1. The molecule has 0 aromatic heterocycles. The number of carboxylic acids is 1. The van der Waals surface area contributed by atoms with E-state index in [0.29, 0.717) is 6.42 Å². The lowest BCUT2D eigenvalue weighted by Gasteiger charge is -2.26. The normalized spacial score (nSPS) is 14.6. The summed E-state index contributed by atoms with van der Waals surface area (Å²) in [6.07, 6.45) is 0.337. The number of rotatable bonds is 10. The second-order valence-electron chi connectivity index (χ2n) is 6.82. The van der Waals surface area contributed by atoms with Crippen molar-refractivity contribution in [1.29, 1.82) is 0 Å². The zero-order valence-corrected chi connectivity index (χ0v) is 15.5. The summed E-state index contributed by atoms with van der Waals surface area (Å²) in [5.74, 6) is -2.86. The molecule has 0 aliphatic carbocycles. The van der Waals surface area contributed by atoms with E-state index in [1.165, 1.54) is 6.92 Å². The topological polar surface area (TPSA) is 151 Å². The summed E-state index contributed by atoms with van der Waals surface area (Å²) in [6.45, 7) is 8.24. The van der Waals surface area contributed by atoms with Crippen LogP contribution in [0.5, 0.6) is 0 Å². The largest absolute Gasteiger partial charge is 0.480 e. The van der Waals surface area contributed by atoms with Gasteiger partial charge < -0.3 is 26.8 Å². The highest BCUT2D eigenvalue weighted by atomic mass is 16.4. The Bertz CT molecular complexity index is 491. The minimum absolute atomic E-state index is 0.0945. The first-order valence-electron chi connectivity index (χ1n) is 8.31. The van der Waals surface area contributed by atoms with Crippen molar-refractivity contribution in [3.8, 4) is 0 Å². The van der Waals surface area contributed by atoms with Crippen LogP contribution in [0.3, 0.4) is 0 Å². The third kappa shape index (κ3) is 9.04. The molecule has 0 heterocycles. The monoisotopic (exact) mass is 358 g/mol. The van der Waals surface area contributed by atoms with Crippen LogP contribution in [0.2, 0.25) is 0 Å². The van der Waals surface area contributed by atoms with Crippen molar-refractivity contribution < 1.29 is 24.3 Å². The first-order valence-corrected chi connectivity index (χ1v) is 8.31. The molecule has 6 N–H and O–H groups in total. The molecule has 0 rings (SSSR count). The Morgan fingerprint density at radius 2 is 1.48 bits per heavy atom. The van der Waals surface area contributed by atoms with Crippen molar-refractivity contribution in [2.45, 2.75) is 59.2 Å². The fraction of sp³-hybridized carbons (Fsp3) is 0.750. The smallest absolute Gasteiger partial charge is 0.322 e. The lowest BCUT2D eigenvalue weighted by molar-refractivity contribution is -0.138. The molecule has 3 amide bonds. The molecule has 0 aromatic carbocycles. The Morgan fingerprint density at radius 1 is 0.920 bits per heavy atom. The van der Waals surface area contributed by atoms with Gasteiger partial charge in [0.05, 0.1) is 6.04 Å². The van der Waals surface area contributed by atoms with Gasteiger partial charge in [0.1, 0.15) is 18.6 Å². The maximum atomic E-state index is 12.5. The Balaban J connectivity index is 5.09. The van der Waals surface area contributed by atoms with Crippen LogP contribution in [-0.4, -0.2) is 53.5 Å². The molecule has 9 heteroatoms. The van der Waals surface area contributed by atoms with E-state index in [4.69, 9.17) is 10.8 Å². The van der Waals surface area contributed by atoms with Crippen LogP contribution in [0.4, 0.5) is 0 Å². The second kappa shape index (κ2) is 10.7. The van der Waals surface area contributed by atoms with Gasteiger partial charge in [-0.2, -0.15) is 0 Å². The summed E-state index contributed by atoms with van der Waals surface area (Å²) in [5.41, 5.74) is 5.50. The van der Waals surface area contributed by atoms with Gasteiger partial charge in [0.25, 0.3) is 0 Å². The van der Waals surface area contributed by atoms with Gasteiger partial charge in [-0.25, -0.2) is 0 Å². The fourth-order valence-corrected chi connectivity index (χ4v) is 2.07. The van der Waals surface area contributed by atoms with Gasteiger partial charge in [0, 0.05) is 0 Å². The minimum atomic E-state index is -1.17. The summed E-state index contributed by atoms with van der Waals surface area (Å²) in [5, 5.41) is 16.1. The fourth-order valence-electron chi connectivity index (χ4n) is 2.07. The first-order chi connectivity index (χ1) is 11.5. The average Bonchev–Trinajstić information content (AvgIpc) is 2.47. The van der Waals surface area contributed by atoms with Crippen LogP contribution in [0.25, 0.3) is 0 Å². The van der Waals surface area contributed by atoms with Gasteiger partial charge in [-0.3, -0.25) is 19.2 Å². The van der Waals surface area contributed by atoms with Crippen molar-refractivity contribution in [1.82, 2.24) is 16.0 Å². The number of aliphatic carboxylic acids is 1. The van der Waals surface area contributed by atoms with Crippen molar-refractivity contribution >= 4 is 23.7 Å². The molecular weight excluding hydrogens is 328 g/mol. The summed E-state index contributed by atoms with van der Waals surface area (Å²) in [4.78, 5) is 47.0. The number of carbonyl (C=O) groups is 4. The Kier molecular flexibility index (Phi) is 9.73. The van der Waals surface area contributed by atoms with E-state index >= 15 is 0 Å². The Hall–Kier alpha value is -2.16.